The first kappa shape index (κ1) is 13.2. The van der Waals surface area contributed by atoms with E-state index in [2.05, 4.69) is 0 Å². The minimum absolute atomic E-state index is 0.0501. The maximum atomic E-state index is 11.5. The van der Waals surface area contributed by atoms with Crippen LogP contribution in [0.1, 0.15) is 39.7 Å². The minimum atomic E-state index is -1.13. The number of ketones is 1. The van der Waals surface area contributed by atoms with Crippen molar-refractivity contribution >= 4 is 11.8 Å². The largest absolute Gasteiger partial charge is 0.485 e. The highest BCUT2D eigenvalue weighted by atomic mass is 16.5. The fourth-order valence-corrected chi connectivity index (χ4v) is 2.10. The monoisotopic (exact) mass is 288 g/mol. The van der Waals surface area contributed by atoms with Gasteiger partial charge >= 0.3 is 5.97 Å². The smallest absolute Gasteiger partial charge is 0.371 e. The molecule has 0 radical (unpaired) electrons. The number of carbonyl (C=O) groups excluding carboxylic acids is 1. The summed E-state index contributed by atoms with van der Waals surface area (Å²) in [6, 6.07) is 7.89. The first-order chi connectivity index (χ1) is 10.0. The summed E-state index contributed by atoms with van der Waals surface area (Å²) in [5.41, 5.74) is 0.543. The molecule has 2 aromatic rings. The number of ether oxygens (including phenoxy) is 2. The average Bonchev–Trinajstić information content (AvgIpc) is 3.06. The number of carboxylic acids is 1. The van der Waals surface area contributed by atoms with Gasteiger partial charge in [0, 0.05) is 6.07 Å². The Morgan fingerprint density at radius 1 is 1.33 bits per heavy atom. The van der Waals surface area contributed by atoms with Crippen molar-refractivity contribution in [3.63, 3.8) is 0 Å². The van der Waals surface area contributed by atoms with Crippen molar-refractivity contribution in [2.24, 2.45) is 0 Å². The van der Waals surface area contributed by atoms with Crippen molar-refractivity contribution in [3.05, 3.63) is 47.4 Å². The second-order valence-electron chi connectivity index (χ2n) is 4.64. The Morgan fingerprint density at radius 3 is 2.86 bits per heavy atom. The highest BCUT2D eigenvalue weighted by molar-refractivity contribution is 6.02. The van der Waals surface area contributed by atoms with E-state index >= 15 is 0 Å². The van der Waals surface area contributed by atoms with Gasteiger partial charge in [-0.05, 0) is 31.2 Å². The molecule has 0 saturated carbocycles. The van der Waals surface area contributed by atoms with E-state index in [-0.39, 0.29) is 18.2 Å². The maximum Gasteiger partial charge on any atom is 0.371 e. The van der Waals surface area contributed by atoms with Crippen LogP contribution in [0.25, 0.3) is 0 Å². The van der Waals surface area contributed by atoms with Gasteiger partial charge in [-0.1, -0.05) is 0 Å². The number of hydrogen-bond acceptors (Lipinski definition) is 5. The van der Waals surface area contributed by atoms with Crippen LogP contribution in [0.15, 0.2) is 34.7 Å². The van der Waals surface area contributed by atoms with Gasteiger partial charge in [0.1, 0.15) is 17.3 Å². The van der Waals surface area contributed by atoms with E-state index in [1.807, 2.05) is 0 Å². The molecule has 1 aromatic carbocycles. The lowest BCUT2D eigenvalue weighted by atomic mass is 10.1. The molecule has 2 heterocycles. The second-order valence-corrected chi connectivity index (χ2v) is 4.64. The minimum Gasteiger partial charge on any atom is -0.485 e. The molecular weight excluding hydrogens is 276 g/mol. The van der Waals surface area contributed by atoms with Crippen molar-refractivity contribution < 1.29 is 28.6 Å². The molecule has 0 bridgehead atoms. The molecule has 3 rings (SSSR count). The van der Waals surface area contributed by atoms with Gasteiger partial charge in [-0.25, -0.2) is 4.79 Å². The molecule has 0 amide bonds. The van der Waals surface area contributed by atoms with Crippen LogP contribution < -0.4 is 9.47 Å². The number of furan rings is 1. The van der Waals surface area contributed by atoms with Gasteiger partial charge in [0.2, 0.25) is 11.5 Å². The van der Waals surface area contributed by atoms with Crippen molar-refractivity contribution in [3.8, 4) is 11.5 Å². The van der Waals surface area contributed by atoms with E-state index in [4.69, 9.17) is 19.0 Å². The van der Waals surface area contributed by atoms with Crippen molar-refractivity contribution in [1.29, 1.82) is 0 Å². The zero-order chi connectivity index (χ0) is 15.0. The van der Waals surface area contributed by atoms with Crippen LogP contribution in [0.3, 0.4) is 0 Å². The zero-order valence-electron chi connectivity index (χ0n) is 11.2. The molecule has 0 aliphatic carbocycles. The van der Waals surface area contributed by atoms with Crippen molar-refractivity contribution in [2.45, 2.75) is 13.0 Å². The van der Waals surface area contributed by atoms with Crippen LogP contribution in [-0.4, -0.2) is 23.5 Å². The third kappa shape index (κ3) is 2.47. The topological polar surface area (TPSA) is 86.0 Å². The Kier molecular flexibility index (Phi) is 3.13. The molecule has 1 atom stereocenters. The number of aromatic carboxylic acids is 1. The predicted octanol–water partition coefficient (Wildman–Crippen LogP) is 2.69. The zero-order valence-corrected chi connectivity index (χ0v) is 11.2. The molecule has 0 spiro atoms. The summed E-state index contributed by atoms with van der Waals surface area (Å²) in [7, 11) is 0. The Labute approximate surface area is 119 Å². The average molecular weight is 288 g/mol. The van der Waals surface area contributed by atoms with Gasteiger partial charge in [-0.2, -0.15) is 0 Å². The van der Waals surface area contributed by atoms with Crippen LogP contribution in [0.4, 0.5) is 0 Å². The molecule has 0 fully saturated rings. The lowest BCUT2D eigenvalue weighted by Gasteiger charge is -2.13. The Balaban J connectivity index is 1.76. The molecule has 108 valence electrons. The highest BCUT2D eigenvalue weighted by Crippen LogP contribution is 2.32. The lowest BCUT2D eigenvalue weighted by molar-refractivity contribution is 0.0655. The predicted molar refractivity (Wildman–Crippen MR) is 71.0 cm³/mol. The van der Waals surface area contributed by atoms with E-state index < -0.39 is 12.1 Å². The Bertz CT molecular complexity index is 715. The maximum absolute atomic E-state index is 11.5. The standard InChI is InChI=1S/C15H12O6/c1-8(12-4-5-13(21-12)15(17)18)20-9-2-3-10-11(16)7-19-14(10)6-9/h2-6,8H,7H2,1H3,(H,17,18). The third-order valence-electron chi connectivity index (χ3n) is 3.16. The summed E-state index contributed by atoms with van der Waals surface area (Å²) in [6.45, 7) is 1.79. The molecule has 1 aliphatic rings. The molecule has 1 unspecified atom stereocenters. The normalized spacial score (nSPS) is 14.4. The Morgan fingerprint density at radius 2 is 2.14 bits per heavy atom. The van der Waals surface area contributed by atoms with Gasteiger partial charge in [0.15, 0.2) is 12.7 Å². The van der Waals surface area contributed by atoms with Crippen LogP contribution in [0.5, 0.6) is 11.5 Å². The first-order valence-electron chi connectivity index (χ1n) is 6.34. The van der Waals surface area contributed by atoms with E-state index in [1.54, 1.807) is 31.2 Å². The van der Waals surface area contributed by atoms with Crippen LogP contribution in [-0.2, 0) is 0 Å². The van der Waals surface area contributed by atoms with Gasteiger partial charge in [-0.15, -0.1) is 0 Å². The van der Waals surface area contributed by atoms with E-state index in [1.165, 1.54) is 6.07 Å². The number of carboxylic acid groups (broad SMARTS) is 1. The second kappa shape index (κ2) is 4.97. The van der Waals surface area contributed by atoms with E-state index in [0.29, 0.717) is 22.8 Å². The molecule has 1 aliphatic heterocycles. The van der Waals surface area contributed by atoms with Gasteiger partial charge < -0.3 is 19.0 Å². The van der Waals surface area contributed by atoms with Crippen molar-refractivity contribution in [1.82, 2.24) is 0 Å². The Hall–Kier alpha value is -2.76. The summed E-state index contributed by atoms with van der Waals surface area (Å²) in [6.07, 6.45) is -0.465. The summed E-state index contributed by atoms with van der Waals surface area (Å²) < 4.78 is 16.1. The van der Waals surface area contributed by atoms with Gasteiger partial charge in [-0.3, -0.25) is 4.79 Å². The fourth-order valence-electron chi connectivity index (χ4n) is 2.10. The molecular formula is C15H12O6. The molecule has 6 heteroatoms. The molecule has 0 saturated heterocycles. The van der Waals surface area contributed by atoms with Crippen LogP contribution >= 0.6 is 0 Å². The van der Waals surface area contributed by atoms with E-state index in [0.717, 1.165) is 0 Å². The molecule has 1 N–H and O–H groups in total. The van der Waals surface area contributed by atoms with E-state index in [9.17, 15) is 9.59 Å². The summed E-state index contributed by atoms with van der Waals surface area (Å²) in [4.78, 5) is 22.2. The lowest BCUT2D eigenvalue weighted by Crippen LogP contribution is -2.02. The third-order valence-corrected chi connectivity index (χ3v) is 3.16. The number of carbonyl (C=O) groups is 2. The molecule has 21 heavy (non-hydrogen) atoms. The summed E-state index contributed by atoms with van der Waals surface area (Å²) >= 11 is 0. The van der Waals surface area contributed by atoms with Crippen LogP contribution in [0, 0.1) is 0 Å². The van der Waals surface area contributed by atoms with Gasteiger partial charge in [0.25, 0.3) is 0 Å². The quantitative estimate of drug-likeness (QED) is 0.930. The number of Topliss-reactive ketones (excluding diaryl/α,β-unsaturated/α-hetero) is 1. The number of fused-ring (bicyclic) bond motifs is 1. The molecule has 6 nitrogen and oxygen atoms in total. The van der Waals surface area contributed by atoms with Crippen LogP contribution in [0.2, 0.25) is 0 Å². The number of benzene rings is 1. The fraction of sp³-hybridized carbons (Fsp3) is 0.200. The number of hydrogen-bond donors (Lipinski definition) is 1. The summed E-state index contributed by atoms with van der Waals surface area (Å²) in [5, 5.41) is 8.82. The molecule has 1 aromatic heterocycles. The number of rotatable bonds is 4. The summed E-state index contributed by atoms with van der Waals surface area (Å²) in [5.74, 6) is 0.104. The first-order valence-corrected chi connectivity index (χ1v) is 6.34. The SMILES string of the molecule is CC(Oc1ccc2c(c1)OCC2=O)c1ccc(C(=O)O)o1. The van der Waals surface area contributed by atoms with Crippen molar-refractivity contribution in [2.75, 3.05) is 6.61 Å². The highest BCUT2D eigenvalue weighted by Gasteiger charge is 2.22. The van der Waals surface area contributed by atoms with Gasteiger partial charge in [0.05, 0.1) is 5.56 Å².